The van der Waals surface area contributed by atoms with E-state index in [-0.39, 0.29) is 12.0 Å². The van der Waals surface area contributed by atoms with E-state index in [1.807, 2.05) is 6.92 Å². The minimum atomic E-state index is -0.561. The first-order valence-corrected chi connectivity index (χ1v) is 7.95. The molecule has 5 nitrogen and oxygen atoms in total. The predicted molar refractivity (Wildman–Crippen MR) is 77.6 cm³/mol. The summed E-state index contributed by atoms with van der Waals surface area (Å²) >= 11 is 1.60. The van der Waals surface area contributed by atoms with Gasteiger partial charge in [0.15, 0.2) is 0 Å². The number of hydrogen-bond acceptors (Lipinski definition) is 6. The lowest BCUT2D eigenvalue weighted by atomic mass is 9.96. The maximum Gasteiger partial charge on any atom is 0.326 e. The number of carbonyl (C=O) groups excluding carboxylic acids is 1. The van der Waals surface area contributed by atoms with E-state index in [4.69, 9.17) is 9.15 Å². The van der Waals surface area contributed by atoms with E-state index in [2.05, 4.69) is 24.1 Å². The predicted octanol–water partition coefficient (Wildman–Crippen LogP) is 2.62. The van der Waals surface area contributed by atoms with Crippen LogP contribution in [0.3, 0.4) is 0 Å². The van der Waals surface area contributed by atoms with Crippen molar-refractivity contribution in [1.82, 2.24) is 10.3 Å². The highest BCUT2D eigenvalue weighted by atomic mass is 32.2. The maximum absolute atomic E-state index is 12.3. The average molecular weight is 298 g/mol. The molecule has 2 atom stereocenters. The molecule has 1 aromatic rings. The molecule has 112 valence electrons. The van der Waals surface area contributed by atoms with Crippen molar-refractivity contribution in [3.05, 3.63) is 12.5 Å². The first-order valence-electron chi connectivity index (χ1n) is 7.07. The van der Waals surface area contributed by atoms with Crippen molar-refractivity contribution in [2.75, 3.05) is 6.61 Å². The van der Waals surface area contributed by atoms with E-state index in [1.165, 1.54) is 0 Å². The number of aromatic nitrogens is 1. The van der Waals surface area contributed by atoms with Gasteiger partial charge in [-0.25, -0.2) is 4.98 Å². The van der Waals surface area contributed by atoms with E-state index in [0.717, 1.165) is 19.3 Å². The van der Waals surface area contributed by atoms with Crippen LogP contribution in [0.1, 0.15) is 40.0 Å². The van der Waals surface area contributed by atoms with Crippen LogP contribution in [0.15, 0.2) is 22.1 Å². The molecule has 0 radical (unpaired) electrons. The lowest BCUT2D eigenvalue weighted by Crippen LogP contribution is -2.54. The lowest BCUT2D eigenvalue weighted by molar-refractivity contribution is -0.151. The minimum Gasteiger partial charge on any atom is -0.465 e. The van der Waals surface area contributed by atoms with E-state index >= 15 is 0 Å². The Balaban J connectivity index is 2.04. The zero-order chi connectivity index (χ0) is 14.6. The quantitative estimate of drug-likeness (QED) is 0.815. The molecule has 6 heteroatoms. The standard InChI is InChI=1S/C14H22N2O3S/c1-4-18-12(17)14(16-10(2)3)6-5-11(9-14)20-13-15-7-8-19-13/h7-8,10-11,16H,4-6,9H2,1-3H3. The van der Waals surface area contributed by atoms with Crippen LogP contribution in [0.2, 0.25) is 0 Å². The molecule has 1 fully saturated rings. The van der Waals surface area contributed by atoms with Crippen LogP contribution in [0.5, 0.6) is 0 Å². The zero-order valence-electron chi connectivity index (χ0n) is 12.2. The summed E-state index contributed by atoms with van der Waals surface area (Å²) in [7, 11) is 0. The van der Waals surface area contributed by atoms with Crippen LogP contribution in [0.25, 0.3) is 0 Å². The Morgan fingerprint density at radius 2 is 2.50 bits per heavy atom. The van der Waals surface area contributed by atoms with Gasteiger partial charge >= 0.3 is 5.97 Å². The smallest absolute Gasteiger partial charge is 0.326 e. The van der Waals surface area contributed by atoms with Crippen LogP contribution >= 0.6 is 11.8 Å². The topological polar surface area (TPSA) is 64.4 Å². The zero-order valence-corrected chi connectivity index (χ0v) is 13.0. The van der Waals surface area contributed by atoms with Crippen LogP contribution in [0.4, 0.5) is 0 Å². The van der Waals surface area contributed by atoms with Gasteiger partial charge in [0.25, 0.3) is 5.22 Å². The van der Waals surface area contributed by atoms with Crippen LogP contribution in [-0.2, 0) is 9.53 Å². The molecule has 0 saturated heterocycles. The molecule has 1 saturated carbocycles. The summed E-state index contributed by atoms with van der Waals surface area (Å²) in [6.45, 7) is 6.36. The maximum atomic E-state index is 12.3. The number of oxazole rings is 1. The first kappa shape index (κ1) is 15.4. The summed E-state index contributed by atoms with van der Waals surface area (Å²) in [4.78, 5) is 16.4. The lowest BCUT2D eigenvalue weighted by Gasteiger charge is -2.30. The number of nitrogens with one attached hydrogen (secondary N) is 1. The summed E-state index contributed by atoms with van der Waals surface area (Å²) in [5.74, 6) is -0.135. The Bertz CT molecular complexity index is 436. The fraction of sp³-hybridized carbons (Fsp3) is 0.714. The van der Waals surface area contributed by atoms with Crippen molar-refractivity contribution in [3.8, 4) is 0 Å². The van der Waals surface area contributed by atoms with Crippen molar-refractivity contribution >= 4 is 17.7 Å². The second-order valence-electron chi connectivity index (χ2n) is 5.38. The molecule has 0 amide bonds. The largest absolute Gasteiger partial charge is 0.465 e. The molecule has 1 aliphatic carbocycles. The normalized spacial score (nSPS) is 26.1. The number of esters is 1. The average Bonchev–Trinajstić information content (AvgIpc) is 3.00. The Morgan fingerprint density at radius 3 is 3.10 bits per heavy atom. The van der Waals surface area contributed by atoms with Gasteiger partial charge in [-0.1, -0.05) is 11.8 Å². The Morgan fingerprint density at radius 1 is 1.70 bits per heavy atom. The molecule has 1 N–H and O–H groups in total. The Hall–Kier alpha value is -1.01. The van der Waals surface area contributed by atoms with E-state index in [0.29, 0.717) is 17.1 Å². The highest BCUT2D eigenvalue weighted by Gasteiger charge is 2.47. The van der Waals surface area contributed by atoms with Gasteiger partial charge in [-0.3, -0.25) is 10.1 Å². The minimum absolute atomic E-state index is 0.135. The second kappa shape index (κ2) is 6.63. The molecule has 2 unspecified atom stereocenters. The molecule has 20 heavy (non-hydrogen) atoms. The summed E-state index contributed by atoms with van der Waals surface area (Å²) in [6, 6.07) is 0.241. The number of hydrogen-bond donors (Lipinski definition) is 1. The fourth-order valence-corrected chi connectivity index (χ4v) is 3.83. The van der Waals surface area contributed by atoms with E-state index in [1.54, 1.807) is 24.2 Å². The van der Waals surface area contributed by atoms with Crippen molar-refractivity contribution in [1.29, 1.82) is 0 Å². The van der Waals surface area contributed by atoms with Crippen LogP contribution < -0.4 is 5.32 Å². The van der Waals surface area contributed by atoms with Crippen molar-refractivity contribution in [2.24, 2.45) is 0 Å². The molecular formula is C14H22N2O3S. The third-order valence-corrected chi connectivity index (χ3v) is 4.52. The highest BCUT2D eigenvalue weighted by molar-refractivity contribution is 7.99. The van der Waals surface area contributed by atoms with Gasteiger partial charge in [0.05, 0.1) is 12.8 Å². The van der Waals surface area contributed by atoms with Gasteiger partial charge in [-0.05, 0) is 40.0 Å². The molecule has 0 aromatic carbocycles. The summed E-state index contributed by atoms with van der Waals surface area (Å²) in [6.07, 6.45) is 5.70. The summed E-state index contributed by atoms with van der Waals surface area (Å²) < 4.78 is 10.5. The SMILES string of the molecule is CCOC(=O)C1(NC(C)C)CCC(Sc2ncco2)C1. The summed E-state index contributed by atoms with van der Waals surface area (Å²) in [5, 5.41) is 4.40. The van der Waals surface area contributed by atoms with Gasteiger partial charge in [0.2, 0.25) is 0 Å². The molecular weight excluding hydrogens is 276 g/mol. The molecule has 1 heterocycles. The molecule has 0 spiro atoms. The van der Waals surface area contributed by atoms with Gasteiger partial charge in [0, 0.05) is 11.3 Å². The number of rotatable bonds is 6. The van der Waals surface area contributed by atoms with Gasteiger partial charge in [-0.15, -0.1) is 0 Å². The number of ether oxygens (including phenoxy) is 1. The molecule has 2 rings (SSSR count). The molecule has 0 bridgehead atoms. The van der Waals surface area contributed by atoms with Crippen molar-refractivity contribution in [2.45, 2.75) is 62.1 Å². The van der Waals surface area contributed by atoms with E-state index in [9.17, 15) is 4.79 Å². The van der Waals surface area contributed by atoms with Crippen molar-refractivity contribution < 1.29 is 13.9 Å². The van der Waals surface area contributed by atoms with Crippen LogP contribution in [-0.4, -0.2) is 34.4 Å². The third-order valence-electron chi connectivity index (χ3n) is 3.38. The number of thioether (sulfide) groups is 1. The second-order valence-corrected chi connectivity index (χ2v) is 6.63. The van der Waals surface area contributed by atoms with E-state index < -0.39 is 5.54 Å². The van der Waals surface area contributed by atoms with Gasteiger partial charge in [0.1, 0.15) is 11.8 Å². The fourth-order valence-electron chi connectivity index (χ4n) is 2.71. The highest BCUT2D eigenvalue weighted by Crippen LogP contribution is 2.40. The van der Waals surface area contributed by atoms with Gasteiger partial charge in [-0.2, -0.15) is 0 Å². The molecule has 1 aromatic heterocycles. The monoisotopic (exact) mass is 298 g/mol. The number of carbonyl (C=O) groups is 1. The Labute approximate surface area is 123 Å². The van der Waals surface area contributed by atoms with Crippen LogP contribution in [0, 0.1) is 0 Å². The van der Waals surface area contributed by atoms with Gasteiger partial charge < -0.3 is 9.15 Å². The third kappa shape index (κ3) is 3.55. The Kier molecular flexibility index (Phi) is 5.10. The van der Waals surface area contributed by atoms with Crippen molar-refractivity contribution in [3.63, 3.8) is 0 Å². The molecule has 1 aliphatic rings. The number of nitrogens with zero attached hydrogens (tertiary/aromatic N) is 1. The molecule has 0 aliphatic heterocycles. The first-order chi connectivity index (χ1) is 9.55. The summed E-state index contributed by atoms with van der Waals surface area (Å²) in [5.41, 5.74) is -0.561.